The number of aryl methyl sites for hydroxylation is 1. The second-order valence-corrected chi connectivity index (χ2v) is 8.60. The van der Waals surface area contributed by atoms with Gasteiger partial charge in [-0.05, 0) is 38.5 Å². The summed E-state index contributed by atoms with van der Waals surface area (Å²) in [6.45, 7) is 6.73. The summed E-state index contributed by atoms with van der Waals surface area (Å²) in [5.74, 6) is 2.05. The lowest BCUT2D eigenvalue weighted by molar-refractivity contribution is -0.137. The van der Waals surface area contributed by atoms with Crippen molar-refractivity contribution in [1.82, 2.24) is 19.9 Å². The monoisotopic (exact) mass is 391 g/mol. The minimum absolute atomic E-state index is 0.0559. The molecule has 0 bridgehead atoms. The SMILES string of the molecule is Cc1nc(C2CCN(C(=O)[C@@H]3CC[C@H](N)CN(C4CCOCC4)C3)CC2)no1. The van der Waals surface area contributed by atoms with Crippen molar-refractivity contribution in [1.29, 1.82) is 0 Å². The fourth-order valence-electron chi connectivity index (χ4n) is 4.90. The largest absolute Gasteiger partial charge is 0.381 e. The summed E-state index contributed by atoms with van der Waals surface area (Å²) >= 11 is 0. The normalized spacial score (nSPS) is 29.0. The highest BCUT2D eigenvalue weighted by molar-refractivity contribution is 5.79. The van der Waals surface area contributed by atoms with E-state index < -0.39 is 0 Å². The van der Waals surface area contributed by atoms with Crippen LogP contribution in [0.1, 0.15) is 56.2 Å². The maximum absolute atomic E-state index is 13.3. The van der Waals surface area contributed by atoms with E-state index >= 15 is 0 Å². The van der Waals surface area contributed by atoms with Gasteiger partial charge < -0.3 is 19.9 Å². The molecule has 3 aliphatic heterocycles. The summed E-state index contributed by atoms with van der Waals surface area (Å²) in [6, 6.07) is 0.660. The molecule has 3 fully saturated rings. The van der Waals surface area contributed by atoms with Gasteiger partial charge in [-0.3, -0.25) is 9.69 Å². The summed E-state index contributed by atoms with van der Waals surface area (Å²) in [5.41, 5.74) is 6.34. The number of nitrogens with two attached hydrogens (primary N) is 1. The molecule has 0 unspecified atom stereocenters. The average molecular weight is 392 g/mol. The van der Waals surface area contributed by atoms with Gasteiger partial charge in [0.25, 0.3) is 0 Å². The van der Waals surface area contributed by atoms with Crippen molar-refractivity contribution in [2.75, 3.05) is 39.4 Å². The van der Waals surface area contributed by atoms with E-state index in [-0.39, 0.29) is 12.0 Å². The van der Waals surface area contributed by atoms with E-state index in [1.54, 1.807) is 0 Å². The van der Waals surface area contributed by atoms with E-state index in [1.165, 1.54) is 0 Å². The average Bonchev–Trinajstić information content (AvgIpc) is 3.06. The van der Waals surface area contributed by atoms with Crippen molar-refractivity contribution in [2.45, 2.75) is 63.5 Å². The molecule has 8 heteroatoms. The van der Waals surface area contributed by atoms with Crippen molar-refractivity contribution in [3.8, 4) is 0 Å². The van der Waals surface area contributed by atoms with Crippen molar-refractivity contribution < 1.29 is 14.1 Å². The fourth-order valence-corrected chi connectivity index (χ4v) is 4.90. The number of amides is 1. The van der Waals surface area contributed by atoms with Gasteiger partial charge in [-0.2, -0.15) is 4.98 Å². The third kappa shape index (κ3) is 4.55. The molecule has 0 saturated carbocycles. The first-order chi connectivity index (χ1) is 13.6. The summed E-state index contributed by atoms with van der Waals surface area (Å²) < 4.78 is 10.6. The highest BCUT2D eigenvalue weighted by atomic mass is 16.5. The van der Waals surface area contributed by atoms with Crippen LogP contribution in [0.25, 0.3) is 0 Å². The van der Waals surface area contributed by atoms with E-state index in [1.807, 2.05) is 11.8 Å². The molecule has 8 nitrogen and oxygen atoms in total. The van der Waals surface area contributed by atoms with E-state index in [2.05, 4.69) is 15.0 Å². The van der Waals surface area contributed by atoms with E-state index in [0.717, 1.165) is 83.7 Å². The molecule has 0 aromatic carbocycles. The first-order valence-electron chi connectivity index (χ1n) is 10.8. The van der Waals surface area contributed by atoms with Gasteiger partial charge in [0.1, 0.15) is 0 Å². The molecule has 2 N–H and O–H groups in total. The zero-order chi connectivity index (χ0) is 19.5. The van der Waals surface area contributed by atoms with Crippen LogP contribution in [0.15, 0.2) is 4.52 Å². The minimum atomic E-state index is 0.0559. The maximum Gasteiger partial charge on any atom is 0.226 e. The molecule has 3 aliphatic rings. The van der Waals surface area contributed by atoms with Crippen LogP contribution in [-0.2, 0) is 9.53 Å². The van der Waals surface area contributed by atoms with Gasteiger partial charge in [0.2, 0.25) is 11.8 Å². The number of aromatic nitrogens is 2. The Morgan fingerprint density at radius 1 is 1.07 bits per heavy atom. The van der Waals surface area contributed by atoms with Crippen LogP contribution in [0, 0.1) is 12.8 Å². The maximum atomic E-state index is 13.3. The van der Waals surface area contributed by atoms with Gasteiger partial charge in [-0.15, -0.1) is 0 Å². The number of carbonyl (C=O) groups excluding carboxylic acids is 1. The lowest BCUT2D eigenvalue weighted by Gasteiger charge is -2.37. The third-order valence-electron chi connectivity index (χ3n) is 6.58. The Labute approximate surface area is 166 Å². The lowest BCUT2D eigenvalue weighted by Crippen LogP contribution is -2.48. The fraction of sp³-hybridized carbons (Fsp3) is 0.850. The van der Waals surface area contributed by atoms with Gasteiger partial charge in [0, 0.05) is 64.3 Å². The number of hydrogen-bond donors (Lipinski definition) is 1. The second-order valence-electron chi connectivity index (χ2n) is 8.60. The molecule has 28 heavy (non-hydrogen) atoms. The predicted molar refractivity (Wildman–Crippen MR) is 104 cm³/mol. The Bertz CT molecular complexity index is 652. The van der Waals surface area contributed by atoms with Crippen LogP contribution in [0.5, 0.6) is 0 Å². The zero-order valence-electron chi connectivity index (χ0n) is 16.9. The molecule has 1 aromatic heterocycles. The van der Waals surface area contributed by atoms with E-state index in [0.29, 0.717) is 23.8 Å². The number of rotatable bonds is 3. The van der Waals surface area contributed by atoms with Crippen LogP contribution in [0.3, 0.4) is 0 Å². The summed E-state index contributed by atoms with van der Waals surface area (Å²) in [7, 11) is 0. The number of piperidine rings is 1. The molecule has 0 aliphatic carbocycles. The summed E-state index contributed by atoms with van der Waals surface area (Å²) in [6.07, 6.45) is 5.71. The number of carbonyl (C=O) groups is 1. The van der Waals surface area contributed by atoms with Gasteiger partial charge in [0.05, 0.1) is 5.92 Å². The van der Waals surface area contributed by atoms with Crippen molar-refractivity contribution in [3.05, 3.63) is 11.7 Å². The highest BCUT2D eigenvalue weighted by Crippen LogP contribution is 2.29. The van der Waals surface area contributed by atoms with Crippen LogP contribution < -0.4 is 5.73 Å². The quantitative estimate of drug-likeness (QED) is 0.829. The van der Waals surface area contributed by atoms with Gasteiger partial charge in [0.15, 0.2) is 5.82 Å². The standard InChI is InChI=1S/C20H33N5O3/c1-14-22-19(23-28-14)15-4-8-24(9-5-15)20(26)16-2-3-17(21)13-25(12-16)18-6-10-27-11-7-18/h15-18H,2-13,21H2,1H3/t16-,17+/m1/s1. The summed E-state index contributed by atoms with van der Waals surface area (Å²) in [5, 5.41) is 4.06. The van der Waals surface area contributed by atoms with Crippen molar-refractivity contribution >= 4 is 5.91 Å². The Morgan fingerprint density at radius 3 is 2.50 bits per heavy atom. The Morgan fingerprint density at radius 2 is 1.82 bits per heavy atom. The van der Waals surface area contributed by atoms with Gasteiger partial charge >= 0.3 is 0 Å². The second kappa shape index (κ2) is 8.88. The number of likely N-dealkylation sites (tertiary alicyclic amines) is 2. The molecule has 1 aromatic rings. The van der Waals surface area contributed by atoms with Crippen LogP contribution >= 0.6 is 0 Å². The smallest absolute Gasteiger partial charge is 0.226 e. The highest BCUT2D eigenvalue weighted by Gasteiger charge is 2.35. The first kappa shape index (κ1) is 19.8. The van der Waals surface area contributed by atoms with Crippen LogP contribution in [0.4, 0.5) is 0 Å². The molecule has 4 heterocycles. The predicted octanol–water partition coefficient (Wildman–Crippen LogP) is 1.30. The number of nitrogens with zero attached hydrogens (tertiary/aromatic N) is 4. The van der Waals surface area contributed by atoms with Crippen LogP contribution in [0.2, 0.25) is 0 Å². The molecule has 2 atom stereocenters. The Balaban J connectivity index is 1.35. The van der Waals surface area contributed by atoms with Crippen molar-refractivity contribution in [2.24, 2.45) is 11.7 Å². The third-order valence-corrected chi connectivity index (χ3v) is 6.58. The molecule has 156 valence electrons. The Hall–Kier alpha value is -1.51. The number of ether oxygens (including phenoxy) is 1. The molecular formula is C20H33N5O3. The molecule has 0 spiro atoms. The Kier molecular flexibility index (Phi) is 6.28. The first-order valence-corrected chi connectivity index (χ1v) is 10.8. The lowest BCUT2D eigenvalue weighted by atomic mass is 9.93. The van der Waals surface area contributed by atoms with E-state index in [4.69, 9.17) is 15.0 Å². The van der Waals surface area contributed by atoms with Gasteiger partial charge in [-0.1, -0.05) is 5.16 Å². The van der Waals surface area contributed by atoms with Crippen LogP contribution in [-0.4, -0.2) is 77.3 Å². The molecule has 1 amide bonds. The molecular weight excluding hydrogens is 358 g/mol. The minimum Gasteiger partial charge on any atom is -0.381 e. The molecule has 0 radical (unpaired) electrons. The topological polar surface area (TPSA) is 97.7 Å². The number of hydrogen-bond acceptors (Lipinski definition) is 7. The summed E-state index contributed by atoms with van der Waals surface area (Å²) in [4.78, 5) is 22.2. The zero-order valence-corrected chi connectivity index (χ0v) is 16.9. The van der Waals surface area contributed by atoms with Crippen molar-refractivity contribution in [3.63, 3.8) is 0 Å². The molecule has 4 rings (SSSR count). The van der Waals surface area contributed by atoms with Gasteiger partial charge in [-0.25, -0.2) is 0 Å². The molecule has 3 saturated heterocycles. The van der Waals surface area contributed by atoms with E-state index in [9.17, 15) is 4.79 Å².